The zero-order valence-electron chi connectivity index (χ0n) is 10.7. The lowest BCUT2D eigenvalue weighted by atomic mass is 10.0. The second-order valence-electron chi connectivity index (χ2n) is 4.25. The summed E-state index contributed by atoms with van der Waals surface area (Å²) < 4.78 is 5.11. The molecule has 0 radical (unpaired) electrons. The Bertz CT molecular complexity index is 638. The Morgan fingerprint density at radius 2 is 1.79 bits per heavy atom. The second-order valence-corrected chi connectivity index (χ2v) is 4.66. The molecule has 2 aromatic rings. The Kier molecular flexibility index (Phi) is 3.76. The standard InChI is InChI=1S/C15H14ClNO2/c1-9-7-10(4-6-13(9)17)15(18)11-3-5-12(16)14(8-11)19-2/h3-8H,17H2,1-2H3. The molecule has 0 saturated heterocycles. The number of ketones is 1. The molecule has 0 aliphatic carbocycles. The number of ether oxygens (including phenoxy) is 1. The van der Waals surface area contributed by atoms with Crippen LogP contribution < -0.4 is 10.5 Å². The fourth-order valence-electron chi connectivity index (χ4n) is 1.78. The first-order chi connectivity index (χ1) is 9.02. The maximum Gasteiger partial charge on any atom is 0.193 e. The van der Waals surface area contributed by atoms with Crippen LogP contribution in [0.5, 0.6) is 5.75 Å². The minimum Gasteiger partial charge on any atom is -0.495 e. The van der Waals surface area contributed by atoms with E-state index >= 15 is 0 Å². The summed E-state index contributed by atoms with van der Waals surface area (Å²) in [7, 11) is 1.52. The van der Waals surface area contributed by atoms with Gasteiger partial charge in [0.1, 0.15) is 5.75 Å². The fraction of sp³-hybridized carbons (Fsp3) is 0.133. The predicted molar refractivity (Wildman–Crippen MR) is 77.0 cm³/mol. The number of nitrogens with two attached hydrogens (primary N) is 1. The highest BCUT2D eigenvalue weighted by molar-refractivity contribution is 6.32. The molecule has 3 nitrogen and oxygen atoms in total. The maximum atomic E-state index is 12.3. The fourth-order valence-corrected chi connectivity index (χ4v) is 1.98. The number of carbonyl (C=O) groups is 1. The number of anilines is 1. The van der Waals surface area contributed by atoms with E-state index < -0.39 is 0 Å². The minimum absolute atomic E-state index is 0.0851. The smallest absolute Gasteiger partial charge is 0.193 e. The van der Waals surface area contributed by atoms with Crippen LogP contribution in [0.4, 0.5) is 5.69 Å². The predicted octanol–water partition coefficient (Wildman–Crippen LogP) is 3.47. The normalized spacial score (nSPS) is 10.3. The second kappa shape index (κ2) is 5.33. The molecular weight excluding hydrogens is 262 g/mol. The van der Waals surface area contributed by atoms with Crippen molar-refractivity contribution in [3.8, 4) is 5.75 Å². The Morgan fingerprint density at radius 1 is 1.16 bits per heavy atom. The highest BCUT2D eigenvalue weighted by Crippen LogP contribution is 2.26. The summed E-state index contributed by atoms with van der Waals surface area (Å²) in [5.41, 5.74) is 8.42. The van der Waals surface area contributed by atoms with E-state index in [0.717, 1.165) is 5.56 Å². The van der Waals surface area contributed by atoms with Crippen LogP contribution in [-0.2, 0) is 0 Å². The summed E-state index contributed by atoms with van der Waals surface area (Å²) in [6, 6.07) is 10.2. The topological polar surface area (TPSA) is 52.3 Å². The number of benzene rings is 2. The van der Waals surface area contributed by atoms with Gasteiger partial charge in [0, 0.05) is 16.8 Å². The molecule has 0 spiro atoms. The third kappa shape index (κ3) is 2.71. The summed E-state index contributed by atoms with van der Waals surface area (Å²) in [5.74, 6) is 0.401. The van der Waals surface area contributed by atoms with Crippen LogP contribution in [0.25, 0.3) is 0 Å². The molecule has 0 aliphatic heterocycles. The zero-order valence-corrected chi connectivity index (χ0v) is 11.5. The van der Waals surface area contributed by atoms with Crippen molar-refractivity contribution in [2.24, 2.45) is 0 Å². The number of hydrogen-bond donors (Lipinski definition) is 1. The van der Waals surface area contributed by atoms with Crippen LogP contribution in [0.15, 0.2) is 36.4 Å². The van der Waals surface area contributed by atoms with Gasteiger partial charge in [-0.3, -0.25) is 4.79 Å². The van der Waals surface area contributed by atoms with Crippen LogP contribution in [0.1, 0.15) is 21.5 Å². The number of nitrogen functional groups attached to an aromatic ring is 1. The molecular formula is C15H14ClNO2. The third-order valence-corrected chi connectivity index (χ3v) is 3.26. The molecule has 0 unspecified atom stereocenters. The van der Waals surface area contributed by atoms with Crippen molar-refractivity contribution in [1.29, 1.82) is 0 Å². The zero-order chi connectivity index (χ0) is 14.0. The van der Waals surface area contributed by atoms with Crippen molar-refractivity contribution in [3.63, 3.8) is 0 Å². The number of aryl methyl sites for hydroxylation is 1. The Labute approximate surface area is 117 Å². The first-order valence-corrected chi connectivity index (χ1v) is 6.15. The van der Waals surface area contributed by atoms with E-state index in [1.54, 1.807) is 36.4 Å². The van der Waals surface area contributed by atoms with Crippen LogP contribution in [0, 0.1) is 6.92 Å². The van der Waals surface area contributed by atoms with Gasteiger partial charge in [-0.15, -0.1) is 0 Å². The van der Waals surface area contributed by atoms with Crippen molar-refractivity contribution >= 4 is 23.1 Å². The largest absolute Gasteiger partial charge is 0.495 e. The molecule has 19 heavy (non-hydrogen) atoms. The quantitative estimate of drug-likeness (QED) is 0.689. The van der Waals surface area contributed by atoms with Gasteiger partial charge in [0.2, 0.25) is 0 Å². The van der Waals surface area contributed by atoms with Gasteiger partial charge in [0.05, 0.1) is 12.1 Å². The lowest BCUT2D eigenvalue weighted by Gasteiger charge is -2.07. The van der Waals surface area contributed by atoms with E-state index in [4.69, 9.17) is 22.1 Å². The summed E-state index contributed by atoms with van der Waals surface area (Å²) in [4.78, 5) is 12.3. The van der Waals surface area contributed by atoms with Gasteiger partial charge in [0.25, 0.3) is 0 Å². The first-order valence-electron chi connectivity index (χ1n) is 5.77. The molecule has 0 fully saturated rings. The van der Waals surface area contributed by atoms with E-state index in [9.17, 15) is 4.79 Å². The van der Waals surface area contributed by atoms with Crippen molar-refractivity contribution < 1.29 is 9.53 Å². The Balaban J connectivity index is 2.41. The molecule has 2 N–H and O–H groups in total. The highest BCUT2D eigenvalue weighted by atomic mass is 35.5. The van der Waals surface area contributed by atoms with Gasteiger partial charge >= 0.3 is 0 Å². The maximum absolute atomic E-state index is 12.3. The monoisotopic (exact) mass is 275 g/mol. The molecule has 0 amide bonds. The molecule has 0 atom stereocenters. The van der Waals surface area contributed by atoms with Gasteiger partial charge in [-0.2, -0.15) is 0 Å². The number of halogens is 1. The molecule has 98 valence electrons. The summed E-state index contributed by atoms with van der Waals surface area (Å²) in [6.07, 6.45) is 0. The van der Waals surface area contributed by atoms with Gasteiger partial charge < -0.3 is 10.5 Å². The van der Waals surface area contributed by atoms with Crippen molar-refractivity contribution in [2.75, 3.05) is 12.8 Å². The van der Waals surface area contributed by atoms with Crippen molar-refractivity contribution in [1.82, 2.24) is 0 Å². The van der Waals surface area contributed by atoms with Crippen molar-refractivity contribution in [3.05, 3.63) is 58.1 Å². The van der Waals surface area contributed by atoms with E-state index in [2.05, 4.69) is 0 Å². The summed E-state index contributed by atoms with van der Waals surface area (Å²) in [6.45, 7) is 1.87. The average Bonchev–Trinajstić information content (AvgIpc) is 2.41. The average molecular weight is 276 g/mol. The summed E-state index contributed by atoms with van der Waals surface area (Å²) >= 11 is 5.94. The van der Waals surface area contributed by atoms with E-state index in [0.29, 0.717) is 27.6 Å². The van der Waals surface area contributed by atoms with Crippen LogP contribution in [0.3, 0.4) is 0 Å². The van der Waals surface area contributed by atoms with Crippen LogP contribution in [-0.4, -0.2) is 12.9 Å². The molecule has 0 heterocycles. The SMILES string of the molecule is COc1cc(C(=O)c2ccc(N)c(C)c2)ccc1Cl. The van der Waals surface area contributed by atoms with Crippen LogP contribution in [0.2, 0.25) is 5.02 Å². The summed E-state index contributed by atoms with van der Waals surface area (Å²) in [5, 5.41) is 0.479. The lowest BCUT2D eigenvalue weighted by Crippen LogP contribution is -2.03. The highest BCUT2D eigenvalue weighted by Gasteiger charge is 2.12. The molecule has 0 aromatic heterocycles. The Hall–Kier alpha value is -2.00. The van der Waals surface area contributed by atoms with Gasteiger partial charge in [0.15, 0.2) is 5.78 Å². The number of hydrogen-bond acceptors (Lipinski definition) is 3. The Morgan fingerprint density at radius 3 is 2.42 bits per heavy atom. The van der Waals surface area contributed by atoms with E-state index in [1.165, 1.54) is 7.11 Å². The number of rotatable bonds is 3. The van der Waals surface area contributed by atoms with Crippen LogP contribution >= 0.6 is 11.6 Å². The first kappa shape index (κ1) is 13.4. The molecule has 2 aromatic carbocycles. The molecule has 0 aliphatic rings. The molecule has 2 rings (SSSR count). The number of carbonyl (C=O) groups excluding carboxylic acids is 1. The van der Waals surface area contributed by atoms with Crippen molar-refractivity contribution in [2.45, 2.75) is 6.92 Å². The minimum atomic E-state index is -0.0851. The van der Waals surface area contributed by atoms with Gasteiger partial charge in [-0.05, 0) is 48.9 Å². The molecule has 0 saturated carbocycles. The van der Waals surface area contributed by atoms with E-state index in [1.807, 2.05) is 6.92 Å². The number of methoxy groups -OCH3 is 1. The van der Waals surface area contributed by atoms with Gasteiger partial charge in [-0.1, -0.05) is 11.6 Å². The molecule has 0 bridgehead atoms. The lowest BCUT2D eigenvalue weighted by molar-refractivity contribution is 0.103. The third-order valence-electron chi connectivity index (χ3n) is 2.95. The van der Waals surface area contributed by atoms with E-state index in [-0.39, 0.29) is 5.78 Å². The van der Waals surface area contributed by atoms with Gasteiger partial charge in [-0.25, -0.2) is 0 Å². The molecule has 4 heteroatoms.